The Morgan fingerprint density at radius 2 is 1.86 bits per heavy atom. The van der Waals surface area contributed by atoms with Gasteiger partial charge in [0.15, 0.2) is 0 Å². The van der Waals surface area contributed by atoms with Gasteiger partial charge in [-0.25, -0.2) is 0 Å². The van der Waals surface area contributed by atoms with Crippen LogP contribution in [0.25, 0.3) is 0 Å². The summed E-state index contributed by atoms with van der Waals surface area (Å²) in [5.41, 5.74) is 0. The maximum absolute atomic E-state index is 8.66. The maximum atomic E-state index is 8.66. The monoisotopic (exact) mass is 104 g/mol. The van der Waals surface area contributed by atoms with Crippen molar-refractivity contribution < 1.29 is 10.2 Å². The Kier molecular flexibility index (Phi) is 2.96. The molecular weight excluding hydrogens is 92.1 g/mol. The molecule has 0 aliphatic rings. The third-order valence-electron chi connectivity index (χ3n) is 1.11. The van der Waals surface area contributed by atoms with Crippen LogP contribution in [0.3, 0.4) is 0 Å². The van der Waals surface area contributed by atoms with Crippen LogP contribution in [0.4, 0.5) is 0 Å². The zero-order valence-corrected chi connectivity index (χ0v) is 4.76. The van der Waals surface area contributed by atoms with Gasteiger partial charge in [-0.2, -0.15) is 0 Å². The molecule has 2 atom stereocenters. The zero-order chi connectivity index (χ0) is 5.86. The van der Waals surface area contributed by atoms with Gasteiger partial charge in [-0.1, -0.05) is 6.92 Å². The van der Waals surface area contributed by atoms with Gasteiger partial charge in [0, 0.05) is 12.5 Å². The van der Waals surface area contributed by atoms with E-state index < -0.39 is 0 Å². The fraction of sp³-hybridized carbons (Fsp3) is 1.00. The van der Waals surface area contributed by atoms with Crippen molar-refractivity contribution in [2.75, 3.05) is 6.61 Å². The van der Waals surface area contributed by atoms with E-state index in [1.165, 1.54) is 0 Å². The molecule has 0 aromatic rings. The number of aliphatic hydroxyl groups is 2. The lowest BCUT2D eigenvalue weighted by molar-refractivity contribution is 0.0913. The molecule has 0 spiro atoms. The van der Waals surface area contributed by atoms with E-state index >= 15 is 0 Å². The van der Waals surface area contributed by atoms with E-state index in [1.54, 1.807) is 13.8 Å². The van der Waals surface area contributed by atoms with E-state index in [9.17, 15) is 0 Å². The summed E-state index contributed by atoms with van der Waals surface area (Å²) in [6.07, 6.45) is -0.384. The summed E-state index contributed by atoms with van der Waals surface area (Å²) in [7, 11) is 0. The topological polar surface area (TPSA) is 40.5 Å². The van der Waals surface area contributed by atoms with Crippen molar-refractivity contribution >= 4 is 0 Å². The zero-order valence-electron chi connectivity index (χ0n) is 4.76. The lowest BCUT2D eigenvalue weighted by atomic mass is 10.1. The van der Waals surface area contributed by atoms with E-state index in [2.05, 4.69) is 0 Å². The minimum absolute atomic E-state index is 0.0139. The van der Waals surface area contributed by atoms with Crippen LogP contribution in [0, 0.1) is 5.92 Å². The van der Waals surface area contributed by atoms with Crippen LogP contribution in [0.1, 0.15) is 13.8 Å². The van der Waals surface area contributed by atoms with Crippen LogP contribution in [-0.4, -0.2) is 22.9 Å². The number of rotatable bonds is 2. The van der Waals surface area contributed by atoms with Crippen LogP contribution >= 0.6 is 0 Å². The van der Waals surface area contributed by atoms with Crippen molar-refractivity contribution in [1.29, 1.82) is 0 Å². The Balaban J connectivity index is 3.14. The maximum Gasteiger partial charge on any atom is 0.0559 e. The fourth-order valence-corrected chi connectivity index (χ4v) is 0.153. The highest BCUT2D eigenvalue weighted by atomic mass is 16.3. The quantitative estimate of drug-likeness (QED) is 0.517. The van der Waals surface area contributed by atoms with Gasteiger partial charge in [-0.15, -0.1) is 0 Å². The molecule has 0 amide bonds. The summed E-state index contributed by atoms with van der Waals surface area (Å²) in [5, 5.41) is 17.0. The summed E-state index contributed by atoms with van der Waals surface area (Å²) in [6, 6.07) is 0. The number of aliphatic hydroxyl groups excluding tert-OH is 2. The van der Waals surface area contributed by atoms with Crippen molar-refractivity contribution in [2.45, 2.75) is 20.0 Å². The number of hydrogen-bond acceptors (Lipinski definition) is 2. The molecule has 0 aromatic heterocycles. The van der Waals surface area contributed by atoms with Gasteiger partial charge in [0.05, 0.1) is 6.10 Å². The predicted molar refractivity (Wildman–Crippen MR) is 27.9 cm³/mol. The van der Waals surface area contributed by atoms with Gasteiger partial charge in [0.1, 0.15) is 0 Å². The lowest BCUT2D eigenvalue weighted by Crippen LogP contribution is -2.16. The first kappa shape index (κ1) is 6.92. The Morgan fingerprint density at radius 1 is 1.43 bits per heavy atom. The second kappa shape index (κ2) is 2.99. The molecule has 0 heterocycles. The molecule has 0 saturated heterocycles. The van der Waals surface area contributed by atoms with Crippen molar-refractivity contribution in [3.8, 4) is 0 Å². The molecule has 2 nitrogen and oxygen atoms in total. The van der Waals surface area contributed by atoms with Crippen LogP contribution < -0.4 is 0 Å². The third kappa shape index (κ3) is 2.60. The first-order valence-corrected chi connectivity index (χ1v) is 2.47. The fourth-order valence-electron chi connectivity index (χ4n) is 0.153. The van der Waals surface area contributed by atoms with Crippen molar-refractivity contribution in [3.63, 3.8) is 0 Å². The Bertz CT molecular complexity index is 43.3. The molecular formula is C5H12O2. The minimum Gasteiger partial charge on any atom is -0.396 e. The summed E-state index contributed by atoms with van der Waals surface area (Å²) in [4.78, 5) is 0. The molecule has 0 radical (unpaired) electrons. The van der Waals surface area contributed by atoms with Gasteiger partial charge in [0.2, 0.25) is 0 Å². The highest BCUT2D eigenvalue weighted by molar-refractivity contribution is 4.54. The largest absolute Gasteiger partial charge is 0.396 e. The standard InChI is InChI=1S/C5H12O2/c1-4(3-6)5(2)7/h4-7H,3H2,1-2H3/t4-,5?/m0/s1. The van der Waals surface area contributed by atoms with Crippen LogP contribution in [-0.2, 0) is 0 Å². The molecule has 2 heteroatoms. The first-order valence-electron chi connectivity index (χ1n) is 2.47. The average Bonchev–Trinajstić information content (AvgIpc) is 1.65. The van der Waals surface area contributed by atoms with Crippen LogP contribution in [0.2, 0.25) is 0 Å². The van der Waals surface area contributed by atoms with E-state index in [1.807, 2.05) is 0 Å². The van der Waals surface area contributed by atoms with Crippen LogP contribution in [0.15, 0.2) is 0 Å². The van der Waals surface area contributed by atoms with E-state index in [-0.39, 0.29) is 18.6 Å². The SMILES string of the molecule is CC(O)[C@@H](C)CO. The summed E-state index contributed by atoms with van der Waals surface area (Å²) in [5.74, 6) is 0.0139. The molecule has 0 aromatic carbocycles. The highest BCUT2D eigenvalue weighted by Gasteiger charge is 2.04. The molecule has 0 aliphatic heterocycles. The molecule has 7 heavy (non-hydrogen) atoms. The lowest BCUT2D eigenvalue weighted by Gasteiger charge is -2.08. The summed E-state index contributed by atoms with van der Waals surface area (Å²) in [6.45, 7) is 3.53. The van der Waals surface area contributed by atoms with Gasteiger partial charge < -0.3 is 10.2 Å². The minimum atomic E-state index is -0.384. The molecule has 0 saturated carbocycles. The molecule has 1 unspecified atom stereocenters. The molecule has 0 aliphatic carbocycles. The predicted octanol–water partition coefficient (Wildman–Crippen LogP) is -0.00440. The van der Waals surface area contributed by atoms with Gasteiger partial charge in [-0.05, 0) is 6.92 Å². The van der Waals surface area contributed by atoms with E-state index in [4.69, 9.17) is 10.2 Å². The highest BCUT2D eigenvalue weighted by Crippen LogP contribution is 1.97. The van der Waals surface area contributed by atoms with Crippen LogP contribution in [0.5, 0.6) is 0 Å². The van der Waals surface area contributed by atoms with Crippen molar-refractivity contribution in [3.05, 3.63) is 0 Å². The van der Waals surface area contributed by atoms with E-state index in [0.717, 1.165) is 0 Å². The van der Waals surface area contributed by atoms with Crippen molar-refractivity contribution in [1.82, 2.24) is 0 Å². The third-order valence-corrected chi connectivity index (χ3v) is 1.11. The Morgan fingerprint density at radius 3 is 1.86 bits per heavy atom. The molecule has 0 bridgehead atoms. The normalized spacial score (nSPS) is 18.9. The average molecular weight is 104 g/mol. The summed E-state index contributed by atoms with van der Waals surface area (Å²) < 4.78 is 0. The first-order chi connectivity index (χ1) is 3.18. The van der Waals surface area contributed by atoms with Gasteiger partial charge in [0.25, 0.3) is 0 Å². The second-order valence-electron chi connectivity index (χ2n) is 1.90. The molecule has 44 valence electrons. The Hall–Kier alpha value is -0.0800. The molecule has 0 rings (SSSR count). The van der Waals surface area contributed by atoms with Gasteiger partial charge in [-0.3, -0.25) is 0 Å². The Labute approximate surface area is 43.8 Å². The second-order valence-corrected chi connectivity index (χ2v) is 1.90. The smallest absolute Gasteiger partial charge is 0.0559 e. The summed E-state index contributed by atoms with van der Waals surface area (Å²) >= 11 is 0. The number of hydrogen-bond donors (Lipinski definition) is 2. The van der Waals surface area contributed by atoms with Crippen molar-refractivity contribution in [2.24, 2.45) is 5.92 Å². The molecule has 2 N–H and O–H groups in total. The van der Waals surface area contributed by atoms with E-state index in [0.29, 0.717) is 0 Å². The van der Waals surface area contributed by atoms with Gasteiger partial charge >= 0.3 is 0 Å². The molecule has 0 fully saturated rings.